The fraction of sp³-hybridized carbons (Fsp3) is 0.235. The Kier molecular flexibility index (Phi) is 4.58. The van der Waals surface area contributed by atoms with Gasteiger partial charge in [0.15, 0.2) is 0 Å². The molecule has 1 amide bonds. The van der Waals surface area contributed by atoms with E-state index in [-0.39, 0.29) is 11.5 Å². The number of halogens is 1. The number of anilines is 2. The summed E-state index contributed by atoms with van der Waals surface area (Å²) in [5, 5.41) is 0. The standard InChI is InChI=1S/C17H19FN2O/c1-3-10-20(14-7-5-13(19)6-8-14)17(21)15-11-12(2)4-9-16(15)18/h4-9,11H,3,10,19H2,1-2H3. The minimum absolute atomic E-state index is 0.0975. The van der Waals surface area contributed by atoms with Gasteiger partial charge < -0.3 is 10.6 Å². The van der Waals surface area contributed by atoms with Crippen molar-refractivity contribution in [1.29, 1.82) is 0 Å². The van der Waals surface area contributed by atoms with E-state index in [0.29, 0.717) is 12.2 Å². The molecule has 0 radical (unpaired) electrons. The Bertz CT molecular complexity index is 638. The molecule has 0 aliphatic rings. The maximum atomic E-state index is 13.9. The molecule has 0 aromatic heterocycles. The molecule has 0 aliphatic heterocycles. The van der Waals surface area contributed by atoms with Gasteiger partial charge in [-0.25, -0.2) is 4.39 Å². The molecule has 0 bridgehead atoms. The van der Waals surface area contributed by atoms with Crippen LogP contribution in [-0.4, -0.2) is 12.5 Å². The highest BCUT2D eigenvalue weighted by Gasteiger charge is 2.20. The molecule has 0 fully saturated rings. The molecule has 4 heteroatoms. The van der Waals surface area contributed by atoms with Crippen molar-refractivity contribution in [2.75, 3.05) is 17.2 Å². The molecule has 110 valence electrons. The van der Waals surface area contributed by atoms with Crippen molar-refractivity contribution in [1.82, 2.24) is 0 Å². The second kappa shape index (κ2) is 6.39. The maximum absolute atomic E-state index is 13.9. The SMILES string of the molecule is CCCN(C(=O)c1cc(C)ccc1F)c1ccc(N)cc1. The van der Waals surface area contributed by atoms with Crippen LogP contribution >= 0.6 is 0 Å². The molecule has 0 heterocycles. The number of amides is 1. The fourth-order valence-corrected chi connectivity index (χ4v) is 2.17. The van der Waals surface area contributed by atoms with Gasteiger partial charge in [-0.1, -0.05) is 18.6 Å². The number of aryl methyl sites for hydroxylation is 1. The lowest BCUT2D eigenvalue weighted by Gasteiger charge is -2.23. The van der Waals surface area contributed by atoms with Gasteiger partial charge in [0.25, 0.3) is 5.91 Å². The lowest BCUT2D eigenvalue weighted by molar-refractivity contribution is 0.0983. The van der Waals surface area contributed by atoms with Gasteiger partial charge in [-0.3, -0.25) is 4.79 Å². The predicted octanol–water partition coefficient (Wildman–Crippen LogP) is 3.77. The summed E-state index contributed by atoms with van der Waals surface area (Å²) < 4.78 is 13.9. The molecule has 0 unspecified atom stereocenters. The molecule has 0 saturated carbocycles. The van der Waals surface area contributed by atoms with E-state index in [4.69, 9.17) is 5.73 Å². The van der Waals surface area contributed by atoms with Crippen LogP contribution in [0.15, 0.2) is 42.5 Å². The van der Waals surface area contributed by atoms with Crippen LogP contribution < -0.4 is 10.6 Å². The van der Waals surface area contributed by atoms with Gasteiger partial charge in [0.2, 0.25) is 0 Å². The molecule has 2 N–H and O–H groups in total. The Labute approximate surface area is 124 Å². The summed E-state index contributed by atoms with van der Waals surface area (Å²) in [5.74, 6) is -0.829. The highest BCUT2D eigenvalue weighted by molar-refractivity contribution is 6.06. The lowest BCUT2D eigenvalue weighted by atomic mass is 10.1. The van der Waals surface area contributed by atoms with E-state index in [1.807, 2.05) is 13.8 Å². The van der Waals surface area contributed by atoms with Crippen molar-refractivity contribution in [2.45, 2.75) is 20.3 Å². The number of hydrogen-bond acceptors (Lipinski definition) is 2. The molecule has 0 atom stereocenters. The van der Waals surface area contributed by atoms with E-state index in [2.05, 4.69) is 0 Å². The number of carbonyl (C=O) groups is 1. The zero-order valence-corrected chi connectivity index (χ0v) is 12.3. The molecule has 2 aromatic rings. The third-order valence-corrected chi connectivity index (χ3v) is 3.25. The van der Waals surface area contributed by atoms with Crippen LogP contribution in [0.1, 0.15) is 29.3 Å². The smallest absolute Gasteiger partial charge is 0.261 e. The lowest BCUT2D eigenvalue weighted by Crippen LogP contribution is -2.32. The summed E-state index contributed by atoms with van der Waals surface area (Å²) in [6.45, 7) is 4.34. The number of carbonyl (C=O) groups excluding carboxylic acids is 1. The van der Waals surface area contributed by atoms with E-state index in [1.165, 1.54) is 6.07 Å². The topological polar surface area (TPSA) is 46.3 Å². The van der Waals surface area contributed by atoms with E-state index >= 15 is 0 Å². The molecule has 0 aliphatic carbocycles. The zero-order chi connectivity index (χ0) is 15.4. The Morgan fingerprint density at radius 3 is 2.48 bits per heavy atom. The summed E-state index contributed by atoms with van der Waals surface area (Å²) >= 11 is 0. The van der Waals surface area contributed by atoms with Crippen molar-refractivity contribution >= 4 is 17.3 Å². The van der Waals surface area contributed by atoms with Crippen molar-refractivity contribution in [3.05, 3.63) is 59.4 Å². The highest BCUT2D eigenvalue weighted by atomic mass is 19.1. The van der Waals surface area contributed by atoms with Crippen molar-refractivity contribution in [3.63, 3.8) is 0 Å². The maximum Gasteiger partial charge on any atom is 0.261 e. The zero-order valence-electron chi connectivity index (χ0n) is 12.3. The number of nitrogens with two attached hydrogens (primary N) is 1. The summed E-state index contributed by atoms with van der Waals surface area (Å²) in [5.41, 5.74) is 7.97. The summed E-state index contributed by atoms with van der Waals surface area (Å²) in [4.78, 5) is 14.2. The minimum Gasteiger partial charge on any atom is -0.399 e. The number of rotatable bonds is 4. The summed E-state index contributed by atoms with van der Waals surface area (Å²) in [7, 11) is 0. The van der Waals surface area contributed by atoms with Gasteiger partial charge in [-0.15, -0.1) is 0 Å². The molecule has 2 aromatic carbocycles. The van der Waals surface area contributed by atoms with Crippen LogP contribution in [0.25, 0.3) is 0 Å². The van der Waals surface area contributed by atoms with Crippen LogP contribution in [-0.2, 0) is 0 Å². The largest absolute Gasteiger partial charge is 0.399 e. The highest BCUT2D eigenvalue weighted by Crippen LogP contribution is 2.21. The van der Waals surface area contributed by atoms with Gasteiger partial charge in [-0.05, 0) is 49.7 Å². The minimum atomic E-state index is -0.498. The Balaban J connectivity index is 2.39. The number of nitrogens with zero attached hydrogens (tertiary/aromatic N) is 1. The first-order valence-corrected chi connectivity index (χ1v) is 6.96. The number of nitrogen functional groups attached to an aromatic ring is 1. The van der Waals surface area contributed by atoms with Gasteiger partial charge in [-0.2, -0.15) is 0 Å². The molecular weight excluding hydrogens is 267 g/mol. The predicted molar refractivity (Wildman–Crippen MR) is 84.0 cm³/mol. The van der Waals surface area contributed by atoms with Crippen LogP contribution in [0, 0.1) is 12.7 Å². The second-order valence-electron chi connectivity index (χ2n) is 5.03. The quantitative estimate of drug-likeness (QED) is 0.870. The third kappa shape index (κ3) is 3.40. The van der Waals surface area contributed by atoms with E-state index in [9.17, 15) is 9.18 Å². The third-order valence-electron chi connectivity index (χ3n) is 3.25. The number of benzene rings is 2. The average Bonchev–Trinajstić information content (AvgIpc) is 2.48. The second-order valence-corrected chi connectivity index (χ2v) is 5.03. The average molecular weight is 286 g/mol. The van der Waals surface area contributed by atoms with Crippen LogP contribution in [0.4, 0.5) is 15.8 Å². The van der Waals surface area contributed by atoms with E-state index < -0.39 is 5.82 Å². The fourth-order valence-electron chi connectivity index (χ4n) is 2.17. The van der Waals surface area contributed by atoms with Crippen LogP contribution in [0.5, 0.6) is 0 Å². The van der Waals surface area contributed by atoms with E-state index in [1.54, 1.807) is 41.3 Å². The van der Waals surface area contributed by atoms with E-state index in [0.717, 1.165) is 17.7 Å². The summed E-state index contributed by atoms with van der Waals surface area (Å²) in [6.07, 6.45) is 0.781. The molecule has 0 saturated heterocycles. The Morgan fingerprint density at radius 1 is 1.19 bits per heavy atom. The monoisotopic (exact) mass is 286 g/mol. The van der Waals surface area contributed by atoms with Crippen LogP contribution in [0.3, 0.4) is 0 Å². The summed E-state index contributed by atoms with van der Waals surface area (Å²) in [6, 6.07) is 11.6. The molecule has 0 spiro atoms. The Morgan fingerprint density at radius 2 is 1.86 bits per heavy atom. The first-order valence-electron chi connectivity index (χ1n) is 6.96. The first kappa shape index (κ1) is 15.0. The van der Waals surface area contributed by atoms with Gasteiger partial charge in [0, 0.05) is 17.9 Å². The van der Waals surface area contributed by atoms with Crippen molar-refractivity contribution in [2.24, 2.45) is 0 Å². The molecule has 21 heavy (non-hydrogen) atoms. The number of hydrogen-bond donors (Lipinski definition) is 1. The van der Waals surface area contributed by atoms with Crippen molar-refractivity contribution < 1.29 is 9.18 Å². The first-order chi connectivity index (χ1) is 10.0. The van der Waals surface area contributed by atoms with Gasteiger partial charge >= 0.3 is 0 Å². The molecular formula is C17H19FN2O. The Hall–Kier alpha value is -2.36. The molecule has 2 rings (SSSR count). The van der Waals surface area contributed by atoms with Gasteiger partial charge in [0.05, 0.1) is 5.56 Å². The van der Waals surface area contributed by atoms with Crippen molar-refractivity contribution in [3.8, 4) is 0 Å². The van der Waals surface area contributed by atoms with Crippen LogP contribution in [0.2, 0.25) is 0 Å². The normalized spacial score (nSPS) is 10.4. The van der Waals surface area contributed by atoms with Gasteiger partial charge in [0.1, 0.15) is 5.82 Å². The molecule has 3 nitrogen and oxygen atoms in total.